The number of fused-ring (bicyclic) bond motifs is 1. The molecule has 2 rings (SSSR count). The van der Waals surface area contributed by atoms with Crippen LogP contribution in [0, 0.1) is 12.7 Å². The van der Waals surface area contributed by atoms with Crippen LogP contribution in [0.1, 0.15) is 17.7 Å². The summed E-state index contributed by atoms with van der Waals surface area (Å²) in [6.07, 6.45) is -0.0410. The second kappa shape index (κ2) is 6.05. The standard InChI is InChI=1S/C15H16FNO4/c1-9-11(4-5-14(19)20)15(21)12-3-2-10(16)8-13(12)17(9)6-7-18/h2-3,8,18H,4-7H2,1H3,(H,19,20). The number of carboxylic acids is 1. The average Bonchev–Trinajstić information content (AvgIpc) is 2.43. The molecule has 0 spiro atoms. The van der Waals surface area contributed by atoms with Crippen LogP contribution in [0.25, 0.3) is 10.9 Å². The van der Waals surface area contributed by atoms with E-state index < -0.39 is 11.8 Å². The van der Waals surface area contributed by atoms with Crippen molar-refractivity contribution in [3.63, 3.8) is 0 Å². The van der Waals surface area contributed by atoms with Crippen molar-refractivity contribution in [1.82, 2.24) is 4.57 Å². The zero-order chi connectivity index (χ0) is 15.6. The summed E-state index contributed by atoms with van der Waals surface area (Å²) in [6, 6.07) is 3.84. The maximum absolute atomic E-state index is 13.4. The number of nitrogens with zero attached hydrogens (tertiary/aromatic N) is 1. The number of halogens is 1. The molecular formula is C15H16FNO4. The van der Waals surface area contributed by atoms with Gasteiger partial charge in [-0.15, -0.1) is 0 Å². The lowest BCUT2D eigenvalue weighted by Crippen LogP contribution is -2.21. The molecule has 0 radical (unpaired) electrons. The molecule has 0 atom stereocenters. The SMILES string of the molecule is Cc1c(CCC(=O)O)c(=O)c2ccc(F)cc2n1CCO. The Morgan fingerprint density at radius 3 is 2.71 bits per heavy atom. The molecule has 112 valence electrons. The molecule has 5 nitrogen and oxygen atoms in total. The van der Waals surface area contributed by atoms with Crippen molar-refractivity contribution in [2.75, 3.05) is 6.61 Å². The predicted molar refractivity (Wildman–Crippen MR) is 75.9 cm³/mol. The summed E-state index contributed by atoms with van der Waals surface area (Å²) >= 11 is 0. The number of aliphatic carboxylic acids is 1. The van der Waals surface area contributed by atoms with Crippen LogP contribution in [0.2, 0.25) is 0 Å². The highest BCUT2D eigenvalue weighted by molar-refractivity contribution is 5.80. The largest absolute Gasteiger partial charge is 0.481 e. The van der Waals surface area contributed by atoms with Crippen molar-refractivity contribution >= 4 is 16.9 Å². The first-order chi connectivity index (χ1) is 9.95. The quantitative estimate of drug-likeness (QED) is 0.874. The van der Waals surface area contributed by atoms with E-state index >= 15 is 0 Å². The summed E-state index contributed by atoms with van der Waals surface area (Å²) in [5.41, 5.74) is 1.09. The van der Waals surface area contributed by atoms with Crippen LogP contribution >= 0.6 is 0 Å². The number of pyridine rings is 1. The van der Waals surface area contributed by atoms with Gasteiger partial charge >= 0.3 is 5.97 Å². The highest BCUT2D eigenvalue weighted by Gasteiger charge is 2.15. The smallest absolute Gasteiger partial charge is 0.303 e. The van der Waals surface area contributed by atoms with Gasteiger partial charge in [-0.2, -0.15) is 0 Å². The van der Waals surface area contributed by atoms with Crippen molar-refractivity contribution in [1.29, 1.82) is 0 Å². The summed E-state index contributed by atoms with van der Waals surface area (Å²) in [5, 5.41) is 18.3. The normalized spacial score (nSPS) is 11.0. The molecule has 2 N–H and O–H groups in total. The monoisotopic (exact) mass is 293 g/mol. The van der Waals surface area contributed by atoms with Crippen molar-refractivity contribution in [2.45, 2.75) is 26.3 Å². The molecule has 21 heavy (non-hydrogen) atoms. The number of aliphatic hydroxyl groups is 1. The number of carboxylic acid groups (broad SMARTS) is 1. The summed E-state index contributed by atoms with van der Waals surface area (Å²) in [7, 11) is 0. The van der Waals surface area contributed by atoms with Crippen LogP contribution < -0.4 is 5.43 Å². The fraction of sp³-hybridized carbons (Fsp3) is 0.333. The van der Waals surface area contributed by atoms with E-state index in [1.54, 1.807) is 11.5 Å². The van der Waals surface area contributed by atoms with Gasteiger partial charge in [-0.3, -0.25) is 9.59 Å². The molecule has 0 bridgehead atoms. The first kappa shape index (κ1) is 15.2. The molecule has 0 fully saturated rings. The predicted octanol–water partition coefficient (Wildman–Crippen LogP) is 1.46. The molecule has 0 saturated heterocycles. The Bertz CT molecular complexity index is 751. The maximum Gasteiger partial charge on any atom is 0.303 e. The van der Waals surface area contributed by atoms with Crippen molar-refractivity contribution in [3.8, 4) is 0 Å². The average molecular weight is 293 g/mol. The van der Waals surface area contributed by atoms with Crippen LogP contribution in [-0.4, -0.2) is 27.4 Å². The Morgan fingerprint density at radius 2 is 2.10 bits per heavy atom. The number of rotatable bonds is 5. The maximum atomic E-state index is 13.4. The minimum absolute atomic E-state index is 0.110. The second-order valence-electron chi connectivity index (χ2n) is 4.82. The number of benzene rings is 1. The summed E-state index contributed by atoms with van der Waals surface area (Å²) in [6.45, 7) is 1.73. The molecule has 0 aliphatic carbocycles. The topological polar surface area (TPSA) is 79.5 Å². The van der Waals surface area contributed by atoms with Crippen LogP contribution in [-0.2, 0) is 17.8 Å². The van der Waals surface area contributed by atoms with E-state index in [1.807, 2.05) is 0 Å². The first-order valence-corrected chi connectivity index (χ1v) is 6.60. The van der Waals surface area contributed by atoms with Gasteiger partial charge in [0.2, 0.25) is 0 Å². The number of aromatic nitrogens is 1. The van der Waals surface area contributed by atoms with Gasteiger partial charge < -0.3 is 14.8 Å². The van der Waals surface area contributed by atoms with E-state index in [0.717, 1.165) is 0 Å². The zero-order valence-electron chi connectivity index (χ0n) is 11.6. The summed E-state index contributed by atoms with van der Waals surface area (Å²) < 4.78 is 15.1. The Labute approximate surface area is 120 Å². The molecule has 1 heterocycles. The fourth-order valence-electron chi connectivity index (χ4n) is 2.51. The molecule has 0 aliphatic rings. The number of hydrogen-bond acceptors (Lipinski definition) is 3. The molecule has 1 aromatic heterocycles. The lowest BCUT2D eigenvalue weighted by Gasteiger charge is -2.17. The molecule has 0 unspecified atom stereocenters. The van der Waals surface area contributed by atoms with Gasteiger partial charge in [0.1, 0.15) is 5.82 Å². The molecule has 0 aliphatic heterocycles. The van der Waals surface area contributed by atoms with Gasteiger partial charge in [-0.05, 0) is 31.5 Å². The number of aliphatic hydroxyl groups excluding tert-OH is 1. The number of hydrogen-bond donors (Lipinski definition) is 2. The zero-order valence-corrected chi connectivity index (χ0v) is 11.6. The minimum atomic E-state index is -0.985. The second-order valence-corrected chi connectivity index (χ2v) is 4.82. The molecular weight excluding hydrogens is 277 g/mol. The summed E-state index contributed by atoms with van der Waals surface area (Å²) in [4.78, 5) is 23.2. The molecule has 0 amide bonds. The third-order valence-corrected chi connectivity index (χ3v) is 3.52. The Hall–Kier alpha value is -2.21. The first-order valence-electron chi connectivity index (χ1n) is 6.60. The van der Waals surface area contributed by atoms with E-state index in [4.69, 9.17) is 10.2 Å². The van der Waals surface area contributed by atoms with E-state index in [9.17, 15) is 14.0 Å². The van der Waals surface area contributed by atoms with E-state index in [2.05, 4.69) is 0 Å². The lowest BCUT2D eigenvalue weighted by atomic mass is 10.0. The highest BCUT2D eigenvalue weighted by Crippen LogP contribution is 2.18. The molecule has 2 aromatic rings. The third-order valence-electron chi connectivity index (χ3n) is 3.52. The Balaban J connectivity index is 2.72. The van der Waals surface area contributed by atoms with Crippen LogP contribution in [0.5, 0.6) is 0 Å². The van der Waals surface area contributed by atoms with Crippen LogP contribution in [0.15, 0.2) is 23.0 Å². The van der Waals surface area contributed by atoms with E-state index in [0.29, 0.717) is 22.2 Å². The van der Waals surface area contributed by atoms with Gasteiger partial charge in [-0.1, -0.05) is 0 Å². The van der Waals surface area contributed by atoms with Gasteiger partial charge in [-0.25, -0.2) is 4.39 Å². The lowest BCUT2D eigenvalue weighted by molar-refractivity contribution is -0.136. The molecule has 0 saturated carbocycles. The van der Waals surface area contributed by atoms with Crippen molar-refractivity contribution in [3.05, 3.63) is 45.5 Å². The number of carbonyl (C=O) groups is 1. The summed E-state index contributed by atoms with van der Waals surface area (Å²) in [5.74, 6) is -1.45. The third kappa shape index (κ3) is 2.95. The van der Waals surface area contributed by atoms with Crippen LogP contribution in [0.3, 0.4) is 0 Å². The van der Waals surface area contributed by atoms with Gasteiger partial charge in [0, 0.05) is 29.6 Å². The van der Waals surface area contributed by atoms with Crippen LogP contribution in [0.4, 0.5) is 4.39 Å². The van der Waals surface area contributed by atoms with Crippen molar-refractivity contribution in [2.24, 2.45) is 0 Å². The molecule has 1 aromatic carbocycles. The highest BCUT2D eigenvalue weighted by atomic mass is 19.1. The van der Waals surface area contributed by atoms with Gasteiger partial charge in [0.05, 0.1) is 12.1 Å². The fourth-order valence-corrected chi connectivity index (χ4v) is 2.51. The minimum Gasteiger partial charge on any atom is -0.481 e. The van der Waals surface area contributed by atoms with E-state index in [1.165, 1.54) is 18.2 Å². The van der Waals surface area contributed by atoms with E-state index in [-0.39, 0.29) is 31.4 Å². The Kier molecular flexibility index (Phi) is 4.37. The Morgan fingerprint density at radius 1 is 1.38 bits per heavy atom. The van der Waals surface area contributed by atoms with Crippen molar-refractivity contribution < 1.29 is 19.4 Å². The van der Waals surface area contributed by atoms with Gasteiger partial charge in [0.25, 0.3) is 0 Å². The molecule has 6 heteroatoms. The van der Waals surface area contributed by atoms with Gasteiger partial charge in [0.15, 0.2) is 5.43 Å².